The minimum atomic E-state index is -0.298. The minimum Gasteiger partial charge on any atom is -0.355 e. The molecule has 3 aromatic rings. The van der Waals surface area contributed by atoms with Gasteiger partial charge in [0.25, 0.3) is 5.91 Å². The van der Waals surface area contributed by atoms with Gasteiger partial charge in [-0.25, -0.2) is 8.78 Å². The number of rotatable bonds is 4. The highest BCUT2D eigenvalue weighted by molar-refractivity contribution is 6.00. The van der Waals surface area contributed by atoms with Crippen molar-refractivity contribution in [1.82, 2.24) is 9.88 Å². The van der Waals surface area contributed by atoms with Crippen molar-refractivity contribution in [2.45, 2.75) is 25.7 Å². The van der Waals surface area contributed by atoms with Gasteiger partial charge in [0.2, 0.25) is 0 Å². The fraction of sp³-hybridized carbons (Fsp3) is 0.250. The Morgan fingerprint density at radius 3 is 2.40 bits per heavy atom. The average Bonchev–Trinajstić information content (AvgIpc) is 2.76. The maximum atomic E-state index is 13.4. The van der Waals surface area contributed by atoms with Crippen LogP contribution in [0.4, 0.5) is 20.2 Å². The van der Waals surface area contributed by atoms with Crippen LogP contribution in [0.2, 0.25) is 0 Å². The van der Waals surface area contributed by atoms with Crippen LogP contribution < -0.4 is 5.32 Å². The van der Waals surface area contributed by atoms with Gasteiger partial charge in [0.05, 0.1) is 11.3 Å². The molecule has 1 aromatic heterocycles. The average molecular weight is 407 g/mol. The molecule has 1 N–H and O–H groups in total. The number of carbonyl (C=O) groups excluding carboxylic acids is 1. The summed E-state index contributed by atoms with van der Waals surface area (Å²) in [5.74, 6) is -0.293. The first kappa shape index (κ1) is 20.0. The fourth-order valence-electron chi connectivity index (χ4n) is 3.91. The maximum Gasteiger partial charge on any atom is 0.257 e. The Morgan fingerprint density at radius 2 is 1.70 bits per heavy atom. The summed E-state index contributed by atoms with van der Waals surface area (Å²) in [6, 6.07) is 12.9. The lowest BCUT2D eigenvalue weighted by Crippen LogP contribution is -2.38. The maximum absolute atomic E-state index is 13.4. The first-order valence-corrected chi connectivity index (χ1v) is 10.0. The Morgan fingerprint density at radius 1 is 1.00 bits per heavy atom. The number of piperidine rings is 1. The van der Waals surface area contributed by atoms with Crippen LogP contribution in [0.15, 0.2) is 60.9 Å². The Labute approximate surface area is 174 Å². The zero-order valence-electron chi connectivity index (χ0n) is 16.7. The Kier molecular flexibility index (Phi) is 5.74. The first-order valence-electron chi connectivity index (χ1n) is 10.0. The van der Waals surface area contributed by atoms with Crippen LogP contribution in [-0.4, -0.2) is 28.9 Å². The second-order valence-electron chi connectivity index (χ2n) is 7.62. The second kappa shape index (κ2) is 8.61. The number of hydrogen-bond donors (Lipinski definition) is 1. The van der Waals surface area contributed by atoms with Crippen molar-refractivity contribution in [2.24, 2.45) is 0 Å². The number of nitrogens with one attached hydrogen (secondary N) is 1. The predicted octanol–water partition coefficient (Wildman–Crippen LogP) is 5.43. The monoisotopic (exact) mass is 407 g/mol. The third-order valence-electron chi connectivity index (χ3n) is 5.63. The lowest BCUT2D eigenvalue weighted by atomic mass is 9.89. The molecule has 154 valence electrons. The van der Waals surface area contributed by atoms with Gasteiger partial charge in [-0.05, 0) is 73.2 Å². The molecule has 0 bridgehead atoms. The van der Waals surface area contributed by atoms with Crippen LogP contribution >= 0.6 is 0 Å². The third kappa shape index (κ3) is 4.32. The third-order valence-corrected chi connectivity index (χ3v) is 5.63. The number of anilines is 2. The smallest absolute Gasteiger partial charge is 0.257 e. The van der Waals surface area contributed by atoms with Gasteiger partial charge in [-0.2, -0.15) is 0 Å². The summed E-state index contributed by atoms with van der Waals surface area (Å²) < 4.78 is 26.6. The van der Waals surface area contributed by atoms with Crippen LogP contribution in [0.25, 0.3) is 0 Å². The molecule has 0 unspecified atom stereocenters. The van der Waals surface area contributed by atoms with Crippen LogP contribution in [0, 0.1) is 18.6 Å². The topological polar surface area (TPSA) is 45.2 Å². The van der Waals surface area contributed by atoms with E-state index in [1.54, 1.807) is 24.5 Å². The Balaban J connectivity index is 1.47. The summed E-state index contributed by atoms with van der Waals surface area (Å²) in [5.41, 5.74) is 3.74. The van der Waals surface area contributed by atoms with E-state index in [1.807, 2.05) is 24.0 Å². The molecule has 0 spiro atoms. The zero-order chi connectivity index (χ0) is 21.1. The van der Waals surface area contributed by atoms with E-state index in [9.17, 15) is 13.6 Å². The minimum absolute atomic E-state index is 0.0806. The van der Waals surface area contributed by atoms with E-state index < -0.39 is 0 Å². The molecular weight excluding hydrogens is 384 g/mol. The van der Waals surface area contributed by atoms with Crippen molar-refractivity contribution >= 4 is 17.3 Å². The van der Waals surface area contributed by atoms with E-state index in [0.717, 1.165) is 29.7 Å². The number of aryl methyl sites for hydroxylation is 1. The first-order chi connectivity index (χ1) is 14.5. The van der Waals surface area contributed by atoms with Crippen LogP contribution in [0.1, 0.15) is 40.2 Å². The highest BCUT2D eigenvalue weighted by Crippen LogP contribution is 2.30. The molecule has 30 heavy (non-hydrogen) atoms. The lowest BCUT2D eigenvalue weighted by molar-refractivity contribution is 0.0713. The quantitative estimate of drug-likeness (QED) is 0.627. The molecule has 4 rings (SSSR count). The van der Waals surface area contributed by atoms with Gasteiger partial charge in [0, 0.05) is 31.2 Å². The molecule has 1 aliphatic rings. The van der Waals surface area contributed by atoms with Gasteiger partial charge in [-0.1, -0.05) is 12.1 Å². The molecule has 0 radical (unpaired) electrons. The van der Waals surface area contributed by atoms with E-state index in [1.165, 1.54) is 24.3 Å². The number of likely N-dealkylation sites (tertiary alicyclic amines) is 1. The molecular formula is C24H23F2N3O. The number of aromatic nitrogens is 1. The zero-order valence-corrected chi connectivity index (χ0v) is 16.7. The van der Waals surface area contributed by atoms with E-state index in [0.29, 0.717) is 30.3 Å². The van der Waals surface area contributed by atoms with E-state index in [-0.39, 0.29) is 17.5 Å². The van der Waals surface area contributed by atoms with Gasteiger partial charge >= 0.3 is 0 Å². The molecule has 2 heterocycles. The van der Waals surface area contributed by atoms with Gasteiger partial charge in [0.15, 0.2) is 0 Å². The molecule has 6 heteroatoms. The Hall–Kier alpha value is -3.28. The molecule has 1 saturated heterocycles. The van der Waals surface area contributed by atoms with E-state index >= 15 is 0 Å². The summed E-state index contributed by atoms with van der Waals surface area (Å²) in [5, 5.41) is 3.24. The number of pyridine rings is 1. The molecule has 1 amide bonds. The van der Waals surface area contributed by atoms with Gasteiger partial charge in [0.1, 0.15) is 11.6 Å². The SMILES string of the molecule is Cc1cc(F)ccc1Nc1ccncc1C(=O)N1CCC(c2ccc(F)cc2)CC1. The molecule has 1 aliphatic heterocycles. The van der Waals surface area contributed by atoms with Gasteiger partial charge in [-0.3, -0.25) is 9.78 Å². The predicted molar refractivity (Wildman–Crippen MR) is 113 cm³/mol. The number of benzene rings is 2. The number of carbonyl (C=O) groups is 1. The number of nitrogens with zero attached hydrogens (tertiary/aromatic N) is 2. The second-order valence-corrected chi connectivity index (χ2v) is 7.62. The van der Waals surface area contributed by atoms with Crippen LogP contribution in [-0.2, 0) is 0 Å². The van der Waals surface area contributed by atoms with Crippen LogP contribution in [0.5, 0.6) is 0 Å². The summed E-state index contributed by atoms with van der Waals surface area (Å²) >= 11 is 0. The van der Waals surface area contributed by atoms with Crippen molar-refractivity contribution in [3.05, 3.63) is 89.2 Å². The van der Waals surface area contributed by atoms with Crippen molar-refractivity contribution in [1.29, 1.82) is 0 Å². The highest BCUT2D eigenvalue weighted by atomic mass is 19.1. The standard InChI is InChI=1S/C24H23F2N3O/c1-16-14-20(26)6-7-22(16)28-23-8-11-27-15-21(23)24(30)29-12-9-18(10-13-29)17-2-4-19(25)5-3-17/h2-8,11,14-15,18H,9-10,12-13H2,1H3,(H,27,28). The van der Waals surface area contributed by atoms with Crippen molar-refractivity contribution in [3.63, 3.8) is 0 Å². The molecule has 1 fully saturated rings. The van der Waals surface area contributed by atoms with Crippen molar-refractivity contribution in [3.8, 4) is 0 Å². The van der Waals surface area contributed by atoms with Crippen LogP contribution in [0.3, 0.4) is 0 Å². The number of halogens is 2. The lowest BCUT2D eigenvalue weighted by Gasteiger charge is -2.32. The normalized spacial score (nSPS) is 14.6. The largest absolute Gasteiger partial charge is 0.355 e. The van der Waals surface area contributed by atoms with Crippen molar-refractivity contribution in [2.75, 3.05) is 18.4 Å². The molecule has 0 aliphatic carbocycles. The number of amides is 1. The summed E-state index contributed by atoms with van der Waals surface area (Å²) in [6.45, 7) is 3.07. The molecule has 4 nitrogen and oxygen atoms in total. The highest BCUT2D eigenvalue weighted by Gasteiger charge is 2.26. The van der Waals surface area contributed by atoms with E-state index in [2.05, 4.69) is 10.3 Å². The summed E-state index contributed by atoms with van der Waals surface area (Å²) in [4.78, 5) is 19.1. The molecule has 0 atom stereocenters. The Bertz CT molecular complexity index is 1040. The van der Waals surface area contributed by atoms with Gasteiger partial charge in [-0.15, -0.1) is 0 Å². The molecule has 2 aromatic carbocycles. The summed E-state index contributed by atoms with van der Waals surface area (Å²) in [6.07, 6.45) is 4.85. The van der Waals surface area contributed by atoms with E-state index in [4.69, 9.17) is 0 Å². The fourth-order valence-corrected chi connectivity index (χ4v) is 3.91. The van der Waals surface area contributed by atoms with Crippen molar-refractivity contribution < 1.29 is 13.6 Å². The number of hydrogen-bond acceptors (Lipinski definition) is 3. The van der Waals surface area contributed by atoms with Gasteiger partial charge < -0.3 is 10.2 Å². The summed E-state index contributed by atoms with van der Waals surface area (Å²) in [7, 11) is 0. The molecule has 0 saturated carbocycles.